The third-order valence-electron chi connectivity index (χ3n) is 3.91. The third kappa shape index (κ3) is 3.62. The molecule has 0 saturated carbocycles. The van der Waals surface area contributed by atoms with Gasteiger partial charge in [0.25, 0.3) is 0 Å². The molecule has 3 rings (SSSR count). The van der Waals surface area contributed by atoms with Gasteiger partial charge in [0.05, 0.1) is 12.9 Å². The van der Waals surface area contributed by atoms with Crippen LogP contribution in [-0.2, 0) is 13.1 Å². The standard InChI is InChI=1S/C16H20ClN7/c1-2-3-4-5-8-23-11-20-16-14(15(23)18)21-22-24(16)10-12-6-7-13(17)19-9-12/h6-7,9,11,18H,2-5,8,10H2,1H3. The Morgan fingerprint density at radius 1 is 1.17 bits per heavy atom. The Balaban J connectivity index is 1.81. The van der Waals surface area contributed by atoms with E-state index in [0.29, 0.717) is 28.3 Å². The van der Waals surface area contributed by atoms with E-state index in [1.54, 1.807) is 23.3 Å². The molecule has 0 aliphatic carbocycles. The van der Waals surface area contributed by atoms with E-state index >= 15 is 0 Å². The summed E-state index contributed by atoms with van der Waals surface area (Å²) < 4.78 is 3.51. The molecule has 0 amide bonds. The van der Waals surface area contributed by atoms with E-state index in [-0.39, 0.29) is 0 Å². The first kappa shape index (κ1) is 16.6. The Bertz CT molecular complexity index is 866. The van der Waals surface area contributed by atoms with Crippen molar-refractivity contribution in [1.82, 2.24) is 29.5 Å². The molecule has 0 aliphatic heterocycles. The van der Waals surface area contributed by atoms with E-state index in [9.17, 15) is 0 Å². The fourth-order valence-electron chi connectivity index (χ4n) is 2.57. The molecule has 0 bridgehead atoms. The molecular formula is C16H20ClN7. The number of aromatic nitrogens is 6. The van der Waals surface area contributed by atoms with Crippen molar-refractivity contribution in [3.05, 3.63) is 40.9 Å². The number of hydrogen-bond donors (Lipinski definition) is 1. The van der Waals surface area contributed by atoms with Crippen molar-refractivity contribution in [3.63, 3.8) is 0 Å². The van der Waals surface area contributed by atoms with Crippen LogP contribution in [0.15, 0.2) is 24.7 Å². The van der Waals surface area contributed by atoms with Crippen LogP contribution in [0.5, 0.6) is 0 Å². The van der Waals surface area contributed by atoms with Gasteiger partial charge < -0.3 is 4.57 Å². The number of aryl methyl sites for hydroxylation is 1. The highest BCUT2D eigenvalue weighted by Crippen LogP contribution is 2.09. The van der Waals surface area contributed by atoms with Crippen LogP contribution in [0.4, 0.5) is 0 Å². The Hall–Kier alpha value is -2.28. The zero-order valence-electron chi connectivity index (χ0n) is 13.6. The summed E-state index contributed by atoms with van der Waals surface area (Å²) >= 11 is 5.80. The topological polar surface area (TPSA) is 85.3 Å². The van der Waals surface area contributed by atoms with Crippen LogP contribution in [0.3, 0.4) is 0 Å². The van der Waals surface area contributed by atoms with Crippen LogP contribution in [-0.4, -0.2) is 29.5 Å². The number of fused-ring (bicyclic) bond motifs is 1. The maximum absolute atomic E-state index is 8.32. The highest BCUT2D eigenvalue weighted by atomic mass is 35.5. The molecule has 0 fully saturated rings. The molecule has 24 heavy (non-hydrogen) atoms. The van der Waals surface area contributed by atoms with Crippen LogP contribution in [0, 0.1) is 5.41 Å². The Kier molecular flexibility index (Phi) is 5.20. The molecule has 8 heteroatoms. The average Bonchev–Trinajstić information content (AvgIpc) is 2.99. The number of rotatable bonds is 7. The fourth-order valence-corrected chi connectivity index (χ4v) is 2.68. The van der Waals surface area contributed by atoms with Gasteiger partial charge >= 0.3 is 0 Å². The first-order valence-corrected chi connectivity index (χ1v) is 8.50. The molecule has 1 N–H and O–H groups in total. The molecule has 0 atom stereocenters. The van der Waals surface area contributed by atoms with Crippen LogP contribution in [0.1, 0.15) is 38.2 Å². The third-order valence-corrected chi connectivity index (χ3v) is 4.14. The molecule has 3 aromatic heterocycles. The maximum atomic E-state index is 8.32. The molecule has 0 aromatic carbocycles. The van der Waals surface area contributed by atoms with Crippen LogP contribution in [0.25, 0.3) is 11.2 Å². The van der Waals surface area contributed by atoms with E-state index in [1.807, 2.05) is 10.6 Å². The van der Waals surface area contributed by atoms with Gasteiger partial charge in [-0.3, -0.25) is 5.41 Å². The normalized spacial score (nSPS) is 11.2. The van der Waals surface area contributed by atoms with Crippen LogP contribution < -0.4 is 5.49 Å². The monoisotopic (exact) mass is 345 g/mol. The predicted octanol–water partition coefficient (Wildman–Crippen LogP) is 2.78. The Morgan fingerprint density at radius 3 is 2.79 bits per heavy atom. The summed E-state index contributed by atoms with van der Waals surface area (Å²) in [5.41, 5.74) is 2.45. The minimum atomic E-state index is 0.358. The Labute approximate surface area is 144 Å². The maximum Gasteiger partial charge on any atom is 0.184 e. The molecule has 0 saturated heterocycles. The van der Waals surface area contributed by atoms with Crippen LogP contribution in [0.2, 0.25) is 5.15 Å². The van der Waals surface area contributed by atoms with Gasteiger partial charge in [-0.05, 0) is 18.1 Å². The Morgan fingerprint density at radius 2 is 2.04 bits per heavy atom. The summed E-state index contributed by atoms with van der Waals surface area (Å²) in [4.78, 5) is 8.51. The molecular weight excluding hydrogens is 326 g/mol. The van der Waals surface area contributed by atoms with Crippen molar-refractivity contribution >= 4 is 22.8 Å². The second-order valence-electron chi connectivity index (χ2n) is 5.76. The average molecular weight is 346 g/mol. The summed E-state index contributed by atoms with van der Waals surface area (Å²) in [5, 5.41) is 17.0. The van der Waals surface area contributed by atoms with Crippen molar-refractivity contribution in [2.75, 3.05) is 0 Å². The molecule has 0 spiro atoms. The predicted molar refractivity (Wildman–Crippen MR) is 91.7 cm³/mol. The molecule has 3 heterocycles. The van der Waals surface area contributed by atoms with E-state index in [2.05, 4.69) is 27.2 Å². The minimum Gasteiger partial charge on any atom is -0.316 e. The quantitative estimate of drug-likeness (QED) is 0.527. The summed E-state index contributed by atoms with van der Waals surface area (Å²) in [6, 6.07) is 3.63. The minimum absolute atomic E-state index is 0.358. The smallest absolute Gasteiger partial charge is 0.184 e. The van der Waals surface area contributed by atoms with Gasteiger partial charge in [-0.15, -0.1) is 5.10 Å². The van der Waals surface area contributed by atoms with Crippen molar-refractivity contribution in [2.24, 2.45) is 0 Å². The van der Waals surface area contributed by atoms with Gasteiger partial charge in [0.1, 0.15) is 5.15 Å². The molecule has 126 valence electrons. The van der Waals surface area contributed by atoms with Gasteiger partial charge in [-0.2, -0.15) is 0 Å². The number of nitrogens with zero attached hydrogens (tertiary/aromatic N) is 6. The summed E-state index contributed by atoms with van der Waals surface area (Å²) in [6.07, 6.45) is 8.03. The lowest BCUT2D eigenvalue weighted by atomic mass is 10.2. The molecule has 0 radical (unpaired) electrons. The van der Waals surface area contributed by atoms with E-state index in [4.69, 9.17) is 17.0 Å². The van der Waals surface area contributed by atoms with Gasteiger partial charge in [-0.25, -0.2) is 14.6 Å². The summed E-state index contributed by atoms with van der Waals surface area (Å²) in [5.74, 6) is 0. The van der Waals surface area contributed by atoms with Gasteiger partial charge in [0, 0.05) is 12.7 Å². The van der Waals surface area contributed by atoms with E-state index < -0.39 is 0 Å². The summed E-state index contributed by atoms with van der Waals surface area (Å²) in [7, 11) is 0. The number of unbranched alkanes of at least 4 members (excludes halogenated alkanes) is 3. The van der Waals surface area contributed by atoms with Gasteiger partial charge in [0.15, 0.2) is 16.7 Å². The van der Waals surface area contributed by atoms with Gasteiger partial charge in [-0.1, -0.05) is 49.1 Å². The van der Waals surface area contributed by atoms with E-state index in [0.717, 1.165) is 24.9 Å². The highest BCUT2D eigenvalue weighted by molar-refractivity contribution is 6.29. The zero-order valence-corrected chi connectivity index (χ0v) is 14.4. The van der Waals surface area contributed by atoms with E-state index in [1.165, 1.54) is 12.8 Å². The first-order chi connectivity index (χ1) is 11.7. The first-order valence-electron chi connectivity index (χ1n) is 8.12. The SMILES string of the molecule is CCCCCCn1cnc2c(nnn2Cc2ccc(Cl)nc2)c1=N. The second kappa shape index (κ2) is 7.53. The second-order valence-corrected chi connectivity index (χ2v) is 6.14. The highest BCUT2D eigenvalue weighted by Gasteiger charge is 2.10. The summed E-state index contributed by atoms with van der Waals surface area (Å²) in [6.45, 7) is 3.47. The van der Waals surface area contributed by atoms with Crippen LogP contribution >= 0.6 is 11.6 Å². The molecule has 3 aromatic rings. The largest absolute Gasteiger partial charge is 0.316 e. The van der Waals surface area contributed by atoms with Crippen molar-refractivity contribution in [2.45, 2.75) is 45.7 Å². The van der Waals surface area contributed by atoms with Gasteiger partial charge in [0.2, 0.25) is 0 Å². The number of halogens is 1. The van der Waals surface area contributed by atoms with Crippen molar-refractivity contribution in [1.29, 1.82) is 5.41 Å². The zero-order chi connectivity index (χ0) is 16.9. The fraction of sp³-hybridized carbons (Fsp3) is 0.438. The lowest BCUT2D eigenvalue weighted by Crippen LogP contribution is -2.21. The molecule has 7 nitrogen and oxygen atoms in total. The molecule has 0 unspecified atom stereocenters. The number of pyridine rings is 1. The number of hydrogen-bond acceptors (Lipinski definition) is 5. The number of nitrogens with one attached hydrogen (secondary N) is 1. The van der Waals surface area contributed by atoms with Crippen molar-refractivity contribution in [3.8, 4) is 0 Å². The lowest BCUT2D eigenvalue weighted by Gasteiger charge is -2.06. The van der Waals surface area contributed by atoms with Crippen molar-refractivity contribution < 1.29 is 0 Å². The lowest BCUT2D eigenvalue weighted by molar-refractivity contribution is 0.559. The molecule has 0 aliphatic rings.